The van der Waals surface area contributed by atoms with Gasteiger partial charge in [-0.1, -0.05) is 0 Å². The third kappa shape index (κ3) is 1.99. The van der Waals surface area contributed by atoms with Crippen LogP contribution in [0.1, 0.15) is 17.0 Å². The number of aromatic nitrogens is 4. The maximum Gasteiger partial charge on any atom is 0.256 e. The van der Waals surface area contributed by atoms with E-state index in [4.69, 9.17) is 0 Å². The van der Waals surface area contributed by atoms with Crippen LogP contribution in [0.5, 0.6) is 0 Å². The van der Waals surface area contributed by atoms with Crippen LogP contribution in [-0.4, -0.2) is 18.9 Å². The number of hydrogen-bond acceptors (Lipinski definition) is 3. The molecular formula is C14H13FN4O. The normalized spacial score (nSPS) is 11.2. The van der Waals surface area contributed by atoms with Crippen LogP contribution >= 0.6 is 0 Å². The largest absolute Gasteiger partial charge is 0.304 e. The van der Waals surface area contributed by atoms with E-state index in [1.807, 2.05) is 0 Å². The van der Waals surface area contributed by atoms with Crippen molar-refractivity contribution >= 4 is 5.65 Å². The molecule has 3 rings (SSSR count). The molecule has 102 valence electrons. The van der Waals surface area contributed by atoms with Gasteiger partial charge in [-0.15, -0.1) is 0 Å². The van der Waals surface area contributed by atoms with Crippen LogP contribution < -0.4 is 5.56 Å². The Morgan fingerprint density at radius 1 is 1.35 bits per heavy atom. The van der Waals surface area contributed by atoms with E-state index in [2.05, 4.69) is 9.97 Å². The van der Waals surface area contributed by atoms with Crippen molar-refractivity contribution in [1.82, 2.24) is 18.9 Å². The van der Waals surface area contributed by atoms with E-state index in [-0.39, 0.29) is 23.6 Å². The van der Waals surface area contributed by atoms with Crippen LogP contribution in [0.2, 0.25) is 0 Å². The number of hydrogen-bond donors (Lipinski definition) is 0. The molecule has 6 heteroatoms. The zero-order valence-electron chi connectivity index (χ0n) is 11.2. The zero-order chi connectivity index (χ0) is 14.3. The maximum atomic E-state index is 13.6. The van der Waals surface area contributed by atoms with Gasteiger partial charge in [0.05, 0.1) is 18.6 Å². The fraction of sp³-hybridized carbons (Fsp3) is 0.214. The van der Waals surface area contributed by atoms with E-state index >= 15 is 0 Å². The highest BCUT2D eigenvalue weighted by Crippen LogP contribution is 2.10. The number of aryl methyl sites for hydroxylation is 1. The molecule has 0 unspecified atom stereocenters. The lowest BCUT2D eigenvalue weighted by Gasteiger charge is -2.05. The number of nitrogens with zero attached hydrogens (tertiary/aromatic N) is 4. The monoisotopic (exact) mass is 272 g/mol. The molecule has 20 heavy (non-hydrogen) atoms. The summed E-state index contributed by atoms with van der Waals surface area (Å²) in [5.74, 6) is -0.385. The first-order chi connectivity index (χ1) is 9.56. The molecule has 0 saturated carbocycles. The van der Waals surface area contributed by atoms with Gasteiger partial charge >= 0.3 is 0 Å². The second-order valence-corrected chi connectivity index (χ2v) is 4.71. The number of rotatable bonds is 2. The van der Waals surface area contributed by atoms with Gasteiger partial charge in [0.25, 0.3) is 5.56 Å². The van der Waals surface area contributed by atoms with Gasteiger partial charge in [0, 0.05) is 23.7 Å². The molecule has 3 aromatic rings. The Hall–Kier alpha value is -2.50. The van der Waals surface area contributed by atoms with Gasteiger partial charge in [-0.05, 0) is 26.0 Å². The molecule has 0 fully saturated rings. The Morgan fingerprint density at radius 3 is 2.90 bits per heavy atom. The standard InChI is InChI=1S/C14H13FN4O/c1-9-10(2)16-8-19(14(9)20)7-11-6-18-5-3-4-12(15)13(18)17-11/h3-6,8H,7H2,1-2H3. The van der Waals surface area contributed by atoms with E-state index in [1.54, 1.807) is 36.7 Å². The van der Waals surface area contributed by atoms with Gasteiger partial charge in [-0.2, -0.15) is 0 Å². The summed E-state index contributed by atoms with van der Waals surface area (Å²) in [6.07, 6.45) is 4.92. The van der Waals surface area contributed by atoms with Gasteiger partial charge in [-0.3, -0.25) is 9.36 Å². The van der Waals surface area contributed by atoms with Crippen molar-refractivity contribution in [2.24, 2.45) is 0 Å². The molecule has 5 nitrogen and oxygen atoms in total. The summed E-state index contributed by atoms with van der Waals surface area (Å²) in [6.45, 7) is 3.81. The van der Waals surface area contributed by atoms with Crippen LogP contribution in [0.15, 0.2) is 35.6 Å². The van der Waals surface area contributed by atoms with Crippen molar-refractivity contribution in [3.05, 3.63) is 64.0 Å². The molecule has 0 aliphatic carbocycles. The first kappa shape index (κ1) is 12.5. The molecule has 0 aliphatic heterocycles. The van der Waals surface area contributed by atoms with Crippen LogP contribution in [-0.2, 0) is 6.54 Å². The molecule has 3 aromatic heterocycles. The molecule has 0 aromatic carbocycles. The minimum absolute atomic E-state index is 0.102. The number of imidazole rings is 1. The lowest BCUT2D eigenvalue weighted by molar-refractivity contribution is 0.629. The van der Waals surface area contributed by atoms with E-state index in [1.165, 1.54) is 17.0 Å². The van der Waals surface area contributed by atoms with Crippen molar-refractivity contribution in [1.29, 1.82) is 0 Å². The predicted octanol–water partition coefficient (Wildman–Crippen LogP) is 1.70. The first-order valence-corrected chi connectivity index (χ1v) is 6.21. The van der Waals surface area contributed by atoms with Gasteiger partial charge < -0.3 is 4.40 Å². The Kier molecular flexibility index (Phi) is 2.85. The molecule has 0 radical (unpaired) electrons. The number of halogens is 1. The third-order valence-electron chi connectivity index (χ3n) is 3.33. The van der Waals surface area contributed by atoms with Crippen molar-refractivity contribution in [2.45, 2.75) is 20.4 Å². The summed E-state index contributed by atoms with van der Waals surface area (Å²) in [4.78, 5) is 20.5. The quantitative estimate of drug-likeness (QED) is 0.713. The van der Waals surface area contributed by atoms with Crippen LogP contribution in [0.25, 0.3) is 5.65 Å². The lowest BCUT2D eigenvalue weighted by atomic mass is 10.3. The summed E-state index contributed by atoms with van der Waals surface area (Å²) < 4.78 is 16.6. The summed E-state index contributed by atoms with van der Waals surface area (Å²) in [5, 5.41) is 0. The van der Waals surface area contributed by atoms with Gasteiger partial charge in [0.2, 0.25) is 0 Å². The third-order valence-corrected chi connectivity index (χ3v) is 3.33. The van der Waals surface area contributed by atoms with Crippen molar-refractivity contribution in [3.8, 4) is 0 Å². The Bertz CT molecular complexity index is 850. The van der Waals surface area contributed by atoms with Crippen LogP contribution in [0.4, 0.5) is 4.39 Å². The minimum Gasteiger partial charge on any atom is -0.304 e. The Labute approximate surface area is 114 Å². The first-order valence-electron chi connectivity index (χ1n) is 6.21. The van der Waals surface area contributed by atoms with E-state index in [0.29, 0.717) is 17.0 Å². The fourth-order valence-electron chi connectivity index (χ4n) is 2.07. The SMILES string of the molecule is Cc1ncn(Cc2cn3cccc(F)c3n2)c(=O)c1C. The second kappa shape index (κ2) is 4.56. The molecule has 0 amide bonds. The Balaban J connectivity index is 2.04. The topological polar surface area (TPSA) is 52.2 Å². The summed E-state index contributed by atoms with van der Waals surface area (Å²) in [6, 6.07) is 2.97. The van der Waals surface area contributed by atoms with Crippen molar-refractivity contribution < 1.29 is 4.39 Å². The Morgan fingerprint density at radius 2 is 2.15 bits per heavy atom. The summed E-state index contributed by atoms with van der Waals surface area (Å²) in [7, 11) is 0. The van der Waals surface area contributed by atoms with Gasteiger partial charge in [-0.25, -0.2) is 14.4 Å². The average molecular weight is 272 g/mol. The molecule has 0 bridgehead atoms. The van der Waals surface area contributed by atoms with E-state index in [9.17, 15) is 9.18 Å². The van der Waals surface area contributed by atoms with Crippen LogP contribution in [0.3, 0.4) is 0 Å². The zero-order valence-corrected chi connectivity index (χ0v) is 11.2. The summed E-state index contributed by atoms with van der Waals surface area (Å²) in [5.41, 5.74) is 2.10. The number of fused-ring (bicyclic) bond motifs is 1. The molecular weight excluding hydrogens is 259 g/mol. The highest BCUT2D eigenvalue weighted by Gasteiger charge is 2.09. The molecule has 3 heterocycles. The lowest BCUT2D eigenvalue weighted by Crippen LogP contribution is -2.24. The molecule has 0 saturated heterocycles. The average Bonchev–Trinajstić information content (AvgIpc) is 2.84. The van der Waals surface area contributed by atoms with E-state index < -0.39 is 0 Å². The fourth-order valence-corrected chi connectivity index (χ4v) is 2.07. The minimum atomic E-state index is -0.385. The molecule has 0 atom stereocenters. The molecule has 0 N–H and O–H groups in total. The maximum absolute atomic E-state index is 13.6. The van der Waals surface area contributed by atoms with Gasteiger partial charge in [0.15, 0.2) is 11.5 Å². The van der Waals surface area contributed by atoms with E-state index in [0.717, 1.165) is 0 Å². The van der Waals surface area contributed by atoms with Crippen molar-refractivity contribution in [3.63, 3.8) is 0 Å². The highest BCUT2D eigenvalue weighted by molar-refractivity contribution is 5.41. The molecule has 0 spiro atoms. The predicted molar refractivity (Wildman–Crippen MR) is 72.2 cm³/mol. The van der Waals surface area contributed by atoms with Gasteiger partial charge in [0.1, 0.15) is 0 Å². The second-order valence-electron chi connectivity index (χ2n) is 4.71. The molecule has 0 aliphatic rings. The number of pyridine rings is 1. The van der Waals surface area contributed by atoms with Crippen molar-refractivity contribution in [2.75, 3.05) is 0 Å². The highest BCUT2D eigenvalue weighted by atomic mass is 19.1. The summed E-state index contributed by atoms with van der Waals surface area (Å²) >= 11 is 0. The smallest absolute Gasteiger partial charge is 0.256 e. The van der Waals surface area contributed by atoms with Crippen LogP contribution in [0, 0.1) is 19.7 Å².